The lowest BCUT2D eigenvalue weighted by Crippen LogP contribution is -2.27. The fraction of sp³-hybridized carbons (Fsp3) is 0.263. The topological polar surface area (TPSA) is 81.9 Å². The quantitative estimate of drug-likeness (QED) is 0.722. The van der Waals surface area contributed by atoms with Gasteiger partial charge in [-0.3, -0.25) is 4.79 Å². The zero-order valence-electron chi connectivity index (χ0n) is 15.3. The van der Waals surface area contributed by atoms with E-state index in [2.05, 4.69) is 20.6 Å². The van der Waals surface area contributed by atoms with Crippen LogP contribution in [0.2, 0.25) is 0 Å². The van der Waals surface area contributed by atoms with Crippen LogP contribution in [-0.2, 0) is 6.42 Å². The molecule has 0 fully saturated rings. The summed E-state index contributed by atoms with van der Waals surface area (Å²) in [6.45, 7) is 3.78. The van der Waals surface area contributed by atoms with Gasteiger partial charge in [-0.25, -0.2) is 9.07 Å². The van der Waals surface area contributed by atoms with Crippen molar-refractivity contribution in [1.82, 2.24) is 25.3 Å². The van der Waals surface area contributed by atoms with Gasteiger partial charge >= 0.3 is 0 Å². The standard InChI is InChI=1S/C19H20FN5O2/c1-4-16-15(11-21-25(16)17-9-10-18(27-3)24-23-17)19(26)22-12(2)13-5-7-14(20)8-6-13/h5-12H,4H2,1-3H3,(H,22,26). The first-order valence-corrected chi connectivity index (χ1v) is 8.54. The number of nitrogens with one attached hydrogen (secondary N) is 1. The smallest absolute Gasteiger partial charge is 0.255 e. The minimum Gasteiger partial charge on any atom is -0.480 e. The van der Waals surface area contributed by atoms with Crippen molar-refractivity contribution in [2.45, 2.75) is 26.3 Å². The zero-order chi connectivity index (χ0) is 19.4. The highest BCUT2D eigenvalue weighted by Gasteiger charge is 2.20. The second kappa shape index (κ2) is 7.94. The molecule has 0 bridgehead atoms. The van der Waals surface area contributed by atoms with Gasteiger partial charge in [0.25, 0.3) is 5.91 Å². The molecule has 2 aromatic heterocycles. The summed E-state index contributed by atoms with van der Waals surface area (Å²) < 4.78 is 19.7. The molecule has 1 atom stereocenters. The summed E-state index contributed by atoms with van der Waals surface area (Å²) in [5.74, 6) is 0.331. The van der Waals surface area contributed by atoms with Gasteiger partial charge in [0.2, 0.25) is 5.88 Å². The van der Waals surface area contributed by atoms with Crippen LogP contribution < -0.4 is 10.1 Å². The van der Waals surface area contributed by atoms with E-state index in [1.165, 1.54) is 25.4 Å². The number of halogens is 1. The number of nitrogens with zero attached hydrogens (tertiary/aromatic N) is 4. The molecule has 140 valence electrons. The van der Waals surface area contributed by atoms with Crippen LogP contribution in [0.5, 0.6) is 5.88 Å². The number of benzene rings is 1. The molecule has 0 aliphatic rings. The molecule has 1 aromatic carbocycles. The van der Waals surface area contributed by atoms with E-state index < -0.39 is 0 Å². The van der Waals surface area contributed by atoms with Crippen LogP contribution >= 0.6 is 0 Å². The average molecular weight is 369 g/mol. The van der Waals surface area contributed by atoms with E-state index in [4.69, 9.17) is 4.74 Å². The van der Waals surface area contributed by atoms with E-state index in [0.717, 1.165) is 11.3 Å². The molecule has 3 aromatic rings. The Bertz CT molecular complexity index is 922. The van der Waals surface area contributed by atoms with Gasteiger partial charge in [-0.05, 0) is 37.1 Å². The van der Waals surface area contributed by atoms with Crippen molar-refractivity contribution in [3.8, 4) is 11.7 Å². The lowest BCUT2D eigenvalue weighted by molar-refractivity contribution is 0.0939. The molecule has 0 radical (unpaired) electrons. The molecular formula is C19H20FN5O2. The third kappa shape index (κ3) is 3.94. The van der Waals surface area contributed by atoms with Gasteiger partial charge in [-0.2, -0.15) is 5.10 Å². The summed E-state index contributed by atoms with van der Waals surface area (Å²) in [6.07, 6.45) is 2.10. The van der Waals surface area contributed by atoms with Gasteiger partial charge < -0.3 is 10.1 Å². The van der Waals surface area contributed by atoms with Crippen molar-refractivity contribution in [2.24, 2.45) is 0 Å². The summed E-state index contributed by atoms with van der Waals surface area (Å²) in [5.41, 5.74) is 2.00. The van der Waals surface area contributed by atoms with Crippen LogP contribution in [0.25, 0.3) is 5.82 Å². The van der Waals surface area contributed by atoms with Gasteiger partial charge in [0, 0.05) is 6.07 Å². The third-order valence-corrected chi connectivity index (χ3v) is 4.22. The Kier molecular flexibility index (Phi) is 5.44. The molecule has 27 heavy (non-hydrogen) atoms. The van der Waals surface area contributed by atoms with Gasteiger partial charge in [0.15, 0.2) is 5.82 Å². The van der Waals surface area contributed by atoms with Crippen LogP contribution in [0, 0.1) is 5.82 Å². The normalized spacial score (nSPS) is 11.9. The first kappa shape index (κ1) is 18.5. The van der Waals surface area contributed by atoms with Gasteiger partial charge in [-0.1, -0.05) is 19.1 Å². The lowest BCUT2D eigenvalue weighted by Gasteiger charge is -2.14. The van der Waals surface area contributed by atoms with Crippen molar-refractivity contribution >= 4 is 5.91 Å². The van der Waals surface area contributed by atoms with E-state index in [1.54, 1.807) is 28.9 Å². The highest BCUT2D eigenvalue weighted by Crippen LogP contribution is 2.18. The average Bonchev–Trinajstić information content (AvgIpc) is 3.12. The SMILES string of the molecule is CCc1c(C(=O)NC(C)c2ccc(F)cc2)cnn1-c1ccc(OC)nn1. The van der Waals surface area contributed by atoms with Crippen LogP contribution in [0.4, 0.5) is 4.39 Å². The first-order valence-electron chi connectivity index (χ1n) is 8.54. The Labute approximate surface area is 156 Å². The molecule has 0 saturated carbocycles. The van der Waals surface area contributed by atoms with E-state index in [9.17, 15) is 9.18 Å². The molecule has 1 amide bonds. The molecule has 8 heteroatoms. The summed E-state index contributed by atoms with van der Waals surface area (Å²) in [7, 11) is 1.51. The predicted octanol–water partition coefficient (Wildman–Crippen LogP) is 2.86. The van der Waals surface area contributed by atoms with Crippen molar-refractivity contribution in [2.75, 3.05) is 7.11 Å². The molecule has 0 aliphatic heterocycles. The maximum atomic E-state index is 13.1. The number of carbonyl (C=O) groups excluding carboxylic acids is 1. The fourth-order valence-electron chi connectivity index (χ4n) is 2.75. The van der Waals surface area contributed by atoms with Gasteiger partial charge in [-0.15, -0.1) is 10.2 Å². The number of ether oxygens (including phenoxy) is 1. The molecule has 7 nitrogen and oxygen atoms in total. The fourth-order valence-corrected chi connectivity index (χ4v) is 2.75. The molecular weight excluding hydrogens is 349 g/mol. The minimum absolute atomic E-state index is 0.253. The third-order valence-electron chi connectivity index (χ3n) is 4.22. The van der Waals surface area contributed by atoms with Crippen LogP contribution in [-0.4, -0.2) is 33.0 Å². The number of amides is 1. The highest BCUT2D eigenvalue weighted by atomic mass is 19.1. The Morgan fingerprint density at radius 3 is 2.56 bits per heavy atom. The number of hydrogen-bond acceptors (Lipinski definition) is 5. The molecule has 1 unspecified atom stereocenters. The lowest BCUT2D eigenvalue weighted by atomic mass is 10.1. The molecule has 0 saturated heterocycles. The largest absolute Gasteiger partial charge is 0.480 e. The Balaban J connectivity index is 1.82. The number of hydrogen-bond donors (Lipinski definition) is 1. The Hall–Kier alpha value is -3.29. The van der Waals surface area contributed by atoms with E-state index in [-0.39, 0.29) is 17.8 Å². The van der Waals surface area contributed by atoms with Gasteiger partial charge in [0.05, 0.1) is 30.6 Å². The first-order chi connectivity index (χ1) is 13.0. The molecule has 1 N–H and O–H groups in total. The maximum Gasteiger partial charge on any atom is 0.255 e. The summed E-state index contributed by atoms with van der Waals surface area (Å²) >= 11 is 0. The molecule has 0 aliphatic carbocycles. The Morgan fingerprint density at radius 2 is 1.96 bits per heavy atom. The van der Waals surface area contributed by atoms with Crippen LogP contribution in [0.1, 0.15) is 41.5 Å². The molecule has 3 rings (SSSR count). The van der Waals surface area contributed by atoms with Crippen molar-refractivity contribution in [3.05, 3.63) is 65.2 Å². The van der Waals surface area contributed by atoms with E-state index in [1.807, 2.05) is 13.8 Å². The van der Waals surface area contributed by atoms with Crippen LogP contribution in [0.3, 0.4) is 0 Å². The van der Waals surface area contributed by atoms with Gasteiger partial charge in [0.1, 0.15) is 5.82 Å². The molecule has 0 spiro atoms. The minimum atomic E-state index is -0.313. The summed E-state index contributed by atoms with van der Waals surface area (Å²) in [6, 6.07) is 9.17. The second-order valence-corrected chi connectivity index (χ2v) is 5.95. The van der Waals surface area contributed by atoms with E-state index in [0.29, 0.717) is 23.7 Å². The van der Waals surface area contributed by atoms with Crippen molar-refractivity contribution < 1.29 is 13.9 Å². The maximum absolute atomic E-state index is 13.1. The zero-order valence-corrected chi connectivity index (χ0v) is 15.3. The number of methoxy groups -OCH3 is 1. The number of rotatable bonds is 6. The molecule has 2 heterocycles. The van der Waals surface area contributed by atoms with Crippen LogP contribution in [0.15, 0.2) is 42.6 Å². The van der Waals surface area contributed by atoms with Crippen molar-refractivity contribution in [1.29, 1.82) is 0 Å². The number of carbonyl (C=O) groups is 1. The van der Waals surface area contributed by atoms with Crippen molar-refractivity contribution in [3.63, 3.8) is 0 Å². The number of aromatic nitrogens is 4. The Morgan fingerprint density at radius 1 is 1.22 bits per heavy atom. The summed E-state index contributed by atoms with van der Waals surface area (Å²) in [5, 5.41) is 15.2. The highest BCUT2D eigenvalue weighted by molar-refractivity contribution is 5.95. The predicted molar refractivity (Wildman–Crippen MR) is 97.4 cm³/mol. The summed E-state index contributed by atoms with van der Waals surface area (Å²) in [4.78, 5) is 12.7. The monoisotopic (exact) mass is 369 g/mol. The second-order valence-electron chi connectivity index (χ2n) is 5.95. The van der Waals surface area contributed by atoms with E-state index >= 15 is 0 Å².